The predicted octanol–water partition coefficient (Wildman–Crippen LogP) is 6.92. The van der Waals surface area contributed by atoms with Crippen molar-refractivity contribution in [2.75, 3.05) is 5.88 Å². The van der Waals surface area contributed by atoms with E-state index in [2.05, 4.69) is 34.6 Å². The van der Waals surface area contributed by atoms with Gasteiger partial charge in [0, 0.05) is 5.88 Å². The van der Waals surface area contributed by atoms with Gasteiger partial charge in [0.05, 0.1) is 0 Å². The van der Waals surface area contributed by atoms with Crippen molar-refractivity contribution in [1.82, 2.24) is 0 Å². The summed E-state index contributed by atoms with van der Waals surface area (Å²) in [6, 6.07) is 0. The molecule has 0 N–H and O–H groups in total. The van der Waals surface area contributed by atoms with Crippen LogP contribution in [0.1, 0.15) is 99.1 Å². The van der Waals surface area contributed by atoms with Crippen LogP contribution in [0.5, 0.6) is 0 Å². The molecule has 2 aliphatic carbocycles. The maximum atomic E-state index is 5.89. The first-order valence-corrected chi connectivity index (χ1v) is 10.6. The monoisotopic (exact) mass is 346 g/mol. The average Bonchev–Trinajstić information content (AvgIpc) is 2.50. The number of benzene rings is 1. The van der Waals surface area contributed by atoms with E-state index in [0.29, 0.717) is 10.8 Å². The van der Waals surface area contributed by atoms with Gasteiger partial charge in [-0.1, -0.05) is 46.5 Å². The second kappa shape index (κ2) is 6.67. The molecule has 0 heterocycles. The summed E-state index contributed by atoms with van der Waals surface area (Å²) in [5, 5.41) is 0. The Morgan fingerprint density at radius 2 is 1.25 bits per heavy atom. The molecule has 2 atom stereocenters. The van der Waals surface area contributed by atoms with Gasteiger partial charge in [-0.25, -0.2) is 0 Å². The van der Waals surface area contributed by atoms with Crippen LogP contribution in [0.15, 0.2) is 0 Å². The van der Waals surface area contributed by atoms with E-state index in [4.69, 9.17) is 11.6 Å². The van der Waals surface area contributed by atoms with Gasteiger partial charge in [-0.3, -0.25) is 0 Å². The second-order valence-corrected chi connectivity index (χ2v) is 9.41. The van der Waals surface area contributed by atoms with Gasteiger partial charge in [0.25, 0.3) is 0 Å². The lowest BCUT2D eigenvalue weighted by molar-refractivity contribution is 0.333. The molecule has 3 rings (SSSR count). The molecular formula is C23H35Cl. The summed E-state index contributed by atoms with van der Waals surface area (Å²) in [7, 11) is 0. The Kier molecular flexibility index (Phi) is 5.09. The molecule has 1 aromatic rings. The van der Waals surface area contributed by atoms with Gasteiger partial charge in [0.1, 0.15) is 0 Å². The maximum absolute atomic E-state index is 5.89. The SMILES string of the molecule is CCCCCC1(C)Cc2c(C)c3c(c(C)c21)CC3(C)CCCCCl. The van der Waals surface area contributed by atoms with Crippen molar-refractivity contribution in [3.63, 3.8) is 0 Å². The van der Waals surface area contributed by atoms with E-state index in [1.807, 2.05) is 0 Å². The Hall–Kier alpha value is -0.490. The molecule has 0 aliphatic heterocycles. The molecule has 0 aromatic heterocycles. The molecule has 134 valence electrons. The lowest BCUT2D eigenvalue weighted by Crippen LogP contribution is -2.44. The molecule has 0 radical (unpaired) electrons. The molecule has 2 aliphatic rings. The Morgan fingerprint density at radius 3 is 1.67 bits per heavy atom. The minimum atomic E-state index is 0.416. The van der Waals surface area contributed by atoms with Crippen molar-refractivity contribution in [3.8, 4) is 0 Å². The summed E-state index contributed by atoms with van der Waals surface area (Å²) >= 11 is 5.89. The van der Waals surface area contributed by atoms with E-state index in [0.717, 1.165) is 12.3 Å². The Balaban J connectivity index is 1.86. The summed E-state index contributed by atoms with van der Waals surface area (Å²) < 4.78 is 0. The van der Waals surface area contributed by atoms with Crippen molar-refractivity contribution in [2.45, 2.75) is 103 Å². The quantitative estimate of drug-likeness (QED) is 0.354. The van der Waals surface area contributed by atoms with E-state index in [-0.39, 0.29) is 0 Å². The highest BCUT2D eigenvalue weighted by atomic mass is 35.5. The van der Waals surface area contributed by atoms with Gasteiger partial charge in [-0.05, 0) is 90.2 Å². The average molecular weight is 347 g/mol. The second-order valence-electron chi connectivity index (χ2n) is 9.04. The van der Waals surface area contributed by atoms with Crippen LogP contribution in [0.2, 0.25) is 0 Å². The first-order valence-electron chi connectivity index (χ1n) is 10.1. The zero-order valence-electron chi connectivity index (χ0n) is 16.4. The maximum Gasteiger partial charge on any atom is 0.0223 e. The molecule has 0 saturated heterocycles. The van der Waals surface area contributed by atoms with Gasteiger partial charge in [0.15, 0.2) is 0 Å². The minimum Gasteiger partial charge on any atom is -0.127 e. The number of alkyl halides is 1. The topological polar surface area (TPSA) is 0 Å². The highest BCUT2D eigenvalue weighted by Crippen LogP contribution is 2.56. The lowest BCUT2D eigenvalue weighted by Gasteiger charge is -2.52. The molecule has 0 saturated carbocycles. The largest absolute Gasteiger partial charge is 0.127 e. The standard InChI is InChI=1S/C23H35Cl/c1-6-7-8-11-22(4)14-18-17(3)21-19(16(2)20(18)22)15-23(21,5)12-9-10-13-24/h6-15H2,1-5H3. The summed E-state index contributed by atoms with van der Waals surface area (Å²) in [5.41, 5.74) is 11.0. The number of fused-ring (bicyclic) bond motifs is 2. The van der Waals surface area contributed by atoms with Crippen LogP contribution in [0.4, 0.5) is 0 Å². The Bertz CT molecular complexity index is 557. The molecule has 0 nitrogen and oxygen atoms in total. The van der Waals surface area contributed by atoms with E-state index < -0.39 is 0 Å². The van der Waals surface area contributed by atoms with Gasteiger partial charge < -0.3 is 0 Å². The number of hydrogen-bond donors (Lipinski definition) is 0. The van der Waals surface area contributed by atoms with Crippen LogP contribution in [0, 0.1) is 13.8 Å². The fourth-order valence-electron chi connectivity index (χ4n) is 5.75. The van der Waals surface area contributed by atoms with E-state index in [9.17, 15) is 0 Å². The number of halogens is 1. The van der Waals surface area contributed by atoms with E-state index >= 15 is 0 Å². The molecule has 0 fully saturated rings. The van der Waals surface area contributed by atoms with Crippen LogP contribution in [-0.4, -0.2) is 5.88 Å². The van der Waals surface area contributed by atoms with Crippen molar-refractivity contribution < 1.29 is 0 Å². The normalized spacial score (nSPS) is 27.2. The fraction of sp³-hybridized carbons (Fsp3) is 0.739. The zero-order valence-corrected chi connectivity index (χ0v) is 17.2. The molecule has 1 heteroatoms. The van der Waals surface area contributed by atoms with Gasteiger partial charge >= 0.3 is 0 Å². The number of unbranched alkanes of at least 4 members (excludes halogenated alkanes) is 3. The molecule has 2 unspecified atom stereocenters. The summed E-state index contributed by atoms with van der Waals surface area (Å²) in [5.74, 6) is 0.807. The molecule has 0 bridgehead atoms. The first kappa shape index (κ1) is 18.3. The smallest absolute Gasteiger partial charge is 0.0223 e. The third kappa shape index (κ3) is 2.74. The summed E-state index contributed by atoms with van der Waals surface area (Å²) in [6.45, 7) is 12.1. The van der Waals surface area contributed by atoms with Crippen LogP contribution >= 0.6 is 11.6 Å². The van der Waals surface area contributed by atoms with Crippen molar-refractivity contribution in [2.24, 2.45) is 0 Å². The molecular weight excluding hydrogens is 312 g/mol. The fourth-order valence-corrected chi connectivity index (χ4v) is 5.94. The van der Waals surface area contributed by atoms with E-state index in [1.54, 1.807) is 33.4 Å². The highest BCUT2D eigenvalue weighted by Gasteiger charge is 2.48. The highest BCUT2D eigenvalue weighted by molar-refractivity contribution is 6.17. The van der Waals surface area contributed by atoms with Gasteiger partial charge in [-0.2, -0.15) is 0 Å². The molecule has 0 amide bonds. The minimum absolute atomic E-state index is 0.416. The molecule has 0 spiro atoms. The first-order chi connectivity index (χ1) is 11.4. The Labute approximate surface area is 154 Å². The zero-order chi connectivity index (χ0) is 17.5. The van der Waals surface area contributed by atoms with Crippen molar-refractivity contribution >= 4 is 11.6 Å². The van der Waals surface area contributed by atoms with Crippen LogP contribution in [0.3, 0.4) is 0 Å². The number of hydrogen-bond acceptors (Lipinski definition) is 0. The molecule has 24 heavy (non-hydrogen) atoms. The summed E-state index contributed by atoms with van der Waals surface area (Å²) in [6.07, 6.45) is 11.8. The number of rotatable bonds is 8. The summed E-state index contributed by atoms with van der Waals surface area (Å²) in [4.78, 5) is 0. The molecule has 1 aromatic carbocycles. The third-order valence-electron chi connectivity index (χ3n) is 7.04. The van der Waals surface area contributed by atoms with Crippen molar-refractivity contribution in [1.29, 1.82) is 0 Å². The van der Waals surface area contributed by atoms with Crippen LogP contribution in [-0.2, 0) is 23.7 Å². The van der Waals surface area contributed by atoms with Crippen molar-refractivity contribution in [3.05, 3.63) is 33.4 Å². The Morgan fingerprint density at radius 1 is 0.792 bits per heavy atom. The van der Waals surface area contributed by atoms with Gasteiger partial charge in [-0.15, -0.1) is 11.6 Å². The van der Waals surface area contributed by atoms with Crippen LogP contribution < -0.4 is 0 Å². The third-order valence-corrected chi connectivity index (χ3v) is 7.31. The predicted molar refractivity (Wildman–Crippen MR) is 107 cm³/mol. The van der Waals surface area contributed by atoms with Crippen LogP contribution in [0.25, 0.3) is 0 Å². The van der Waals surface area contributed by atoms with E-state index in [1.165, 1.54) is 51.4 Å². The van der Waals surface area contributed by atoms with Gasteiger partial charge in [0.2, 0.25) is 0 Å². The lowest BCUT2D eigenvalue weighted by atomic mass is 9.52.